The van der Waals surface area contributed by atoms with E-state index in [1.54, 1.807) is 0 Å². The summed E-state index contributed by atoms with van der Waals surface area (Å²) in [5.74, 6) is 0.843. The van der Waals surface area contributed by atoms with Crippen LogP contribution < -0.4 is 5.32 Å². The van der Waals surface area contributed by atoms with E-state index in [0.717, 1.165) is 29.1 Å². The fourth-order valence-corrected chi connectivity index (χ4v) is 3.83. The first kappa shape index (κ1) is 15.2. The molecule has 1 saturated carbocycles. The first-order valence-corrected chi connectivity index (χ1v) is 8.03. The summed E-state index contributed by atoms with van der Waals surface area (Å²) in [7, 11) is 0. The molecule has 3 heteroatoms. The zero-order valence-electron chi connectivity index (χ0n) is 11.8. The lowest BCUT2D eigenvalue weighted by Gasteiger charge is -2.49. The molecular formula is C16H23Cl2N. The van der Waals surface area contributed by atoms with Crippen molar-refractivity contribution in [2.75, 3.05) is 13.1 Å². The van der Waals surface area contributed by atoms with Crippen molar-refractivity contribution >= 4 is 23.2 Å². The van der Waals surface area contributed by atoms with Crippen LogP contribution in [0, 0.1) is 5.92 Å². The van der Waals surface area contributed by atoms with Crippen LogP contribution in [0.2, 0.25) is 10.0 Å². The topological polar surface area (TPSA) is 12.0 Å². The van der Waals surface area contributed by atoms with Crippen molar-refractivity contribution in [2.45, 2.75) is 44.9 Å². The van der Waals surface area contributed by atoms with Gasteiger partial charge in [-0.25, -0.2) is 0 Å². The van der Waals surface area contributed by atoms with Crippen LogP contribution >= 0.6 is 23.2 Å². The van der Waals surface area contributed by atoms with E-state index in [9.17, 15) is 0 Å². The summed E-state index contributed by atoms with van der Waals surface area (Å²) in [5.41, 5.74) is 1.49. The molecule has 1 aromatic carbocycles. The molecule has 0 bridgehead atoms. The molecule has 1 N–H and O–H groups in total. The van der Waals surface area contributed by atoms with Crippen LogP contribution in [0.1, 0.15) is 45.1 Å². The molecule has 0 radical (unpaired) electrons. The first-order chi connectivity index (χ1) is 9.11. The zero-order valence-corrected chi connectivity index (χ0v) is 13.3. The minimum atomic E-state index is 0.220. The van der Waals surface area contributed by atoms with Crippen molar-refractivity contribution < 1.29 is 0 Å². The third-order valence-electron chi connectivity index (χ3n) is 4.33. The highest BCUT2D eigenvalue weighted by atomic mass is 35.5. The van der Waals surface area contributed by atoms with Gasteiger partial charge in [-0.3, -0.25) is 0 Å². The summed E-state index contributed by atoms with van der Waals surface area (Å²) in [6, 6.07) is 5.95. The van der Waals surface area contributed by atoms with Gasteiger partial charge in [0.15, 0.2) is 0 Å². The van der Waals surface area contributed by atoms with Gasteiger partial charge in [0.2, 0.25) is 0 Å². The van der Waals surface area contributed by atoms with E-state index in [-0.39, 0.29) is 5.41 Å². The third-order valence-corrected chi connectivity index (χ3v) is 4.88. The molecular weight excluding hydrogens is 277 g/mol. The summed E-state index contributed by atoms with van der Waals surface area (Å²) in [6.45, 7) is 6.57. The molecule has 1 aliphatic carbocycles. The first-order valence-electron chi connectivity index (χ1n) is 7.27. The van der Waals surface area contributed by atoms with Gasteiger partial charge in [-0.15, -0.1) is 0 Å². The predicted molar refractivity (Wildman–Crippen MR) is 84.3 cm³/mol. The average molecular weight is 300 g/mol. The Bertz CT molecular complexity index is 425. The van der Waals surface area contributed by atoms with E-state index in [4.69, 9.17) is 23.2 Å². The van der Waals surface area contributed by atoms with Crippen molar-refractivity contribution in [3.8, 4) is 0 Å². The van der Waals surface area contributed by atoms with Crippen molar-refractivity contribution in [3.05, 3.63) is 33.8 Å². The maximum absolute atomic E-state index is 6.42. The Morgan fingerprint density at radius 2 is 2.00 bits per heavy atom. The number of hydrogen-bond donors (Lipinski definition) is 1. The molecule has 0 atom stereocenters. The van der Waals surface area contributed by atoms with Gasteiger partial charge in [0.05, 0.1) is 0 Å². The van der Waals surface area contributed by atoms with Gasteiger partial charge in [-0.2, -0.15) is 0 Å². The highest BCUT2D eigenvalue weighted by molar-refractivity contribution is 6.35. The monoisotopic (exact) mass is 299 g/mol. The second-order valence-electron chi connectivity index (χ2n) is 5.76. The minimum Gasteiger partial charge on any atom is -0.316 e. The highest BCUT2D eigenvalue weighted by Crippen LogP contribution is 2.50. The highest BCUT2D eigenvalue weighted by Gasteiger charge is 2.45. The molecule has 0 saturated heterocycles. The molecule has 1 aromatic rings. The van der Waals surface area contributed by atoms with Crippen molar-refractivity contribution in [1.29, 1.82) is 0 Å². The quantitative estimate of drug-likeness (QED) is 0.725. The summed E-state index contributed by atoms with van der Waals surface area (Å²) >= 11 is 12.4. The van der Waals surface area contributed by atoms with E-state index >= 15 is 0 Å². The van der Waals surface area contributed by atoms with Gasteiger partial charge >= 0.3 is 0 Å². The molecule has 19 heavy (non-hydrogen) atoms. The smallest absolute Gasteiger partial charge is 0.0458 e. The number of hydrogen-bond acceptors (Lipinski definition) is 1. The van der Waals surface area contributed by atoms with Gasteiger partial charge in [0.1, 0.15) is 0 Å². The molecule has 1 nitrogen and oxygen atoms in total. The van der Waals surface area contributed by atoms with E-state index in [1.165, 1.54) is 31.2 Å². The number of rotatable bonds is 6. The predicted octanol–water partition coefficient (Wildman–Crippen LogP) is 5.05. The Kier molecular flexibility index (Phi) is 5.16. The van der Waals surface area contributed by atoms with Crippen molar-refractivity contribution in [1.82, 2.24) is 5.32 Å². The normalized spacial score (nSPS) is 26.2. The van der Waals surface area contributed by atoms with Gasteiger partial charge in [-0.05, 0) is 49.4 Å². The van der Waals surface area contributed by atoms with E-state index < -0.39 is 0 Å². The van der Waals surface area contributed by atoms with Gasteiger partial charge in [0.25, 0.3) is 0 Å². The maximum atomic E-state index is 6.42. The lowest BCUT2D eigenvalue weighted by Crippen LogP contribution is -2.48. The van der Waals surface area contributed by atoms with Crippen LogP contribution in [0.3, 0.4) is 0 Å². The standard InChI is InChI=1S/C16H23Cl2N/c1-3-7-19-11-16(9-12(4-2)10-16)14-6-5-13(17)8-15(14)18/h5-6,8,12,19H,3-4,7,9-11H2,1-2H3. The van der Waals surface area contributed by atoms with Gasteiger partial charge in [0, 0.05) is 22.0 Å². The summed E-state index contributed by atoms with van der Waals surface area (Å²) in [6.07, 6.45) is 4.91. The molecule has 0 aromatic heterocycles. The molecule has 0 spiro atoms. The number of benzene rings is 1. The van der Waals surface area contributed by atoms with Gasteiger partial charge in [-0.1, -0.05) is 49.5 Å². The largest absolute Gasteiger partial charge is 0.316 e. The Balaban J connectivity index is 2.18. The summed E-state index contributed by atoms with van der Waals surface area (Å²) in [4.78, 5) is 0. The van der Waals surface area contributed by atoms with Crippen LogP contribution in [0.4, 0.5) is 0 Å². The lowest BCUT2D eigenvalue weighted by atomic mass is 9.58. The molecule has 0 amide bonds. The summed E-state index contributed by atoms with van der Waals surface area (Å²) in [5, 5.41) is 5.11. The van der Waals surface area contributed by atoms with Crippen LogP contribution in [0.5, 0.6) is 0 Å². The maximum Gasteiger partial charge on any atom is 0.0458 e. The summed E-state index contributed by atoms with van der Waals surface area (Å²) < 4.78 is 0. The van der Waals surface area contributed by atoms with E-state index in [2.05, 4.69) is 25.2 Å². The molecule has 0 aliphatic heterocycles. The second kappa shape index (κ2) is 6.47. The van der Waals surface area contributed by atoms with E-state index in [1.807, 2.05) is 12.1 Å². The number of nitrogens with one attached hydrogen (secondary N) is 1. The van der Waals surface area contributed by atoms with E-state index in [0.29, 0.717) is 0 Å². The molecule has 1 fully saturated rings. The van der Waals surface area contributed by atoms with Crippen molar-refractivity contribution in [3.63, 3.8) is 0 Å². The molecule has 106 valence electrons. The van der Waals surface area contributed by atoms with Crippen molar-refractivity contribution in [2.24, 2.45) is 5.92 Å². The SMILES string of the molecule is CCCNCC1(c2ccc(Cl)cc2Cl)CC(CC)C1. The average Bonchev–Trinajstić information content (AvgIpc) is 2.33. The van der Waals surface area contributed by atoms with Gasteiger partial charge < -0.3 is 5.32 Å². The number of halogens is 2. The molecule has 2 rings (SSSR count). The fourth-order valence-electron chi connectivity index (χ4n) is 3.22. The molecule has 1 aliphatic rings. The lowest BCUT2D eigenvalue weighted by molar-refractivity contribution is 0.134. The zero-order chi connectivity index (χ0) is 13.9. The van der Waals surface area contributed by atoms with Crippen LogP contribution in [-0.2, 0) is 5.41 Å². The van der Waals surface area contributed by atoms with Crippen LogP contribution in [0.15, 0.2) is 18.2 Å². The Labute approximate surface area is 126 Å². The second-order valence-corrected chi connectivity index (χ2v) is 6.61. The minimum absolute atomic E-state index is 0.220. The fraction of sp³-hybridized carbons (Fsp3) is 0.625. The Hall–Kier alpha value is -0.240. The Morgan fingerprint density at radius 1 is 1.26 bits per heavy atom. The molecule has 0 heterocycles. The van der Waals surface area contributed by atoms with Crippen LogP contribution in [0.25, 0.3) is 0 Å². The van der Waals surface area contributed by atoms with Crippen LogP contribution in [-0.4, -0.2) is 13.1 Å². The Morgan fingerprint density at radius 3 is 2.58 bits per heavy atom. The third kappa shape index (κ3) is 3.26. The molecule has 0 unspecified atom stereocenters.